The number of rotatable bonds is 4. The molecule has 100 valence electrons. The molecule has 1 atom stereocenters. The monoisotopic (exact) mass is 306 g/mol. The molecular weight excluding hydrogens is 291 g/mol. The normalized spacial score (nSPS) is 23.1. The molecule has 1 unspecified atom stereocenters. The van der Waals surface area contributed by atoms with Gasteiger partial charge in [-0.25, -0.2) is 10.8 Å². The first-order chi connectivity index (χ1) is 8.54. The number of nitrogens with zero attached hydrogens (tertiary/aromatic N) is 1. The smallest absolute Gasteiger partial charge is 0.161 e. The average Bonchev–Trinajstić information content (AvgIpc) is 2.76. The van der Waals surface area contributed by atoms with Crippen molar-refractivity contribution in [2.24, 2.45) is 5.84 Å². The number of halogens is 2. The van der Waals surface area contributed by atoms with Gasteiger partial charge in [-0.05, 0) is 31.6 Å². The van der Waals surface area contributed by atoms with E-state index in [0.717, 1.165) is 6.54 Å². The highest BCUT2D eigenvalue weighted by molar-refractivity contribution is 8.00. The lowest BCUT2D eigenvalue weighted by Gasteiger charge is -2.23. The fourth-order valence-corrected chi connectivity index (χ4v) is 3.66. The third-order valence-corrected chi connectivity index (χ3v) is 5.11. The molecule has 1 saturated heterocycles. The van der Waals surface area contributed by atoms with Gasteiger partial charge in [0.15, 0.2) is 5.82 Å². The van der Waals surface area contributed by atoms with Crippen molar-refractivity contribution in [3.63, 3.8) is 0 Å². The molecule has 0 saturated carbocycles. The van der Waals surface area contributed by atoms with E-state index in [9.17, 15) is 0 Å². The third-order valence-electron chi connectivity index (χ3n) is 3.00. The lowest BCUT2D eigenvalue weighted by atomic mass is 10.1. The molecule has 0 amide bonds. The SMILES string of the molecule is CC1(CNc2nc(NN)c(Cl)cc2Cl)CCCS1. The standard InChI is InChI=1S/C11H16Cl2N4S/c1-11(3-2-4-18-11)6-15-9-7(12)5-8(13)10(16-9)17-14/h5H,2-4,6,14H2,1H3,(H2,15,16,17). The van der Waals surface area contributed by atoms with Crippen molar-refractivity contribution in [3.8, 4) is 0 Å². The molecule has 4 nitrogen and oxygen atoms in total. The van der Waals surface area contributed by atoms with Gasteiger partial charge in [0, 0.05) is 11.3 Å². The van der Waals surface area contributed by atoms with E-state index >= 15 is 0 Å². The van der Waals surface area contributed by atoms with Crippen LogP contribution in [0.4, 0.5) is 11.6 Å². The van der Waals surface area contributed by atoms with Crippen LogP contribution in [0.5, 0.6) is 0 Å². The second-order valence-corrected chi connectivity index (χ2v) is 7.05. The summed E-state index contributed by atoms with van der Waals surface area (Å²) < 4.78 is 0.251. The Hall–Kier alpha value is -0.360. The van der Waals surface area contributed by atoms with E-state index in [1.807, 2.05) is 11.8 Å². The summed E-state index contributed by atoms with van der Waals surface area (Å²) in [6.45, 7) is 3.08. The summed E-state index contributed by atoms with van der Waals surface area (Å²) in [5, 5.41) is 4.20. The number of hydrogen-bond donors (Lipinski definition) is 3. The summed E-state index contributed by atoms with van der Waals surface area (Å²) in [5.74, 6) is 7.60. The summed E-state index contributed by atoms with van der Waals surface area (Å²) in [5.41, 5.74) is 2.45. The lowest BCUT2D eigenvalue weighted by Crippen LogP contribution is -2.27. The summed E-state index contributed by atoms with van der Waals surface area (Å²) in [6, 6.07) is 1.64. The predicted molar refractivity (Wildman–Crippen MR) is 80.7 cm³/mol. The molecule has 18 heavy (non-hydrogen) atoms. The van der Waals surface area contributed by atoms with Gasteiger partial charge in [-0.1, -0.05) is 23.2 Å². The molecule has 7 heteroatoms. The van der Waals surface area contributed by atoms with Gasteiger partial charge < -0.3 is 10.7 Å². The topological polar surface area (TPSA) is 63.0 Å². The molecule has 0 aliphatic carbocycles. The second-order valence-electron chi connectivity index (χ2n) is 4.55. The molecule has 1 fully saturated rings. The molecule has 2 rings (SSSR count). The molecule has 0 spiro atoms. The molecular formula is C11H16Cl2N4S. The number of anilines is 2. The number of aromatic nitrogens is 1. The van der Waals surface area contributed by atoms with E-state index < -0.39 is 0 Å². The minimum Gasteiger partial charge on any atom is -0.367 e. The molecule has 1 aliphatic heterocycles. The van der Waals surface area contributed by atoms with Crippen molar-refractivity contribution < 1.29 is 0 Å². The van der Waals surface area contributed by atoms with Crippen LogP contribution in [0.1, 0.15) is 19.8 Å². The lowest BCUT2D eigenvalue weighted by molar-refractivity contribution is 0.634. The molecule has 0 bridgehead atoms. The Balaban J connectivity index is 2.09. The summed E-state index contributed by atoms with van der Waals surface area (Å²) in [6.07, 6.45) is 2.47. The molecule has 2 heterocycles. The van der Waals surface area contributed by atoms with Crippen LogP contribution >= 0.6 is 35.0 Å². The average molecular weight is 307 g/mol. The van der Waals surface area contributed by atoms with Crippen LogP contribution in [0.3, 0.4) is 0 Å². The Kier molecular flexibility index (Phi) is 4.48. The first-order valence-corrected chi connectivity index (χ1v) is 7.49. The number of nitrogens with two attached hydrogens (primary N) is 1. The molecule has 4 N–H and O–H groups in total. The summed E-state index contributed by atoms with van der Waals surface area (Å²) in [4.78, 5) is 4.26. The number of nitrogens with one attached hydrogen (secondary N) is 2. The van der Waals surface area contributed by atoms with Crippen molar-refractivity contribution in [2.75, 3.05) is 23.0 Å². The van der Waals surface area contributed by atoms with Crippen LogP contribution < -0.4 is 16.6 Å². The third kappa shape index (κ3) is 3.15. The van der Waals surface area contributed by atoms with E-state index in [4.69, 9.17) is 29.0 Å². The van der Waals surface area contributed by atoms with Crippen molar-refractivity contribution in [3.05, 3.63) is 16.1 Å². The van der Waals surface area contributed by atoms with E-state index in [0.29, 0.717) is 21.7 Å². The second kappa shape index (κ2) is 5.74. The number of hydrogen-bond acceptors (Lipinski definition) is 5. The van der Waals surface area contributed by atoms with Crippen LogP contribution in [0.25, 0.3) is 0 Å². The summed E-state index contributed by atoms with van der Waals surface area (Å²) >= 11 is 14.0. The predicted octanol–water partition coefficient (Wildman–Crippen LogP) is 3.37. The van der Waals surface area contributed by atoms with Gasteiger partial charge in [0.25, 0.3) is 0 Å². The molecule has 0 radical (unpaired) electrons. The van der Waals surface area contributed by atoms with E-state index in [-0.39, 0.29) is 4.75 Å². The molecule has 1 aliphatic rings. The number of thioether (sulfide) groups is 1. The van der Waals surface area contributed by atoms with Gasteiger partial charge in [-0.15, -0.1) is 0 Å². The Morgan fingerprint density at radius 3 is 2.78 bits per heavy atom. The van der Waals surface area contributed by atoms with Crippen LogP contribution in [-0.4, -0.2) is 22.0 Å². The maximum absolute atomic E-state index is 6.10. The zero-order valence-electron chi connectivity index (χ0n) is 10.1. The van der Waals surface area contributed by atoms with Crippen LogP contribution in [0.15, 0.2) is 6.07 Å². The minimum atomic E-state index is 0.251. The van der Waals surface area contributed by atoms with Gasteiger partial charge in [0.2, 0.25) is 0 Å². The summed E-state index contributed by atoms with van der Waals surface area (Å²) in [7, 11) is 0. The van der Waals surface area contributed by atoms with E-state index in [2.05, 4.69) is 22.7 Å². The fraction of sp³-hybridized carbons (Fsp3) is 0.545. The van der Waals surface area contributed by atoms with Crippen LogP contribution in [0, 0.1) is 0 Å². The Labute approximate surface area is 121 Å². The van der Waals surface area contributed by atoms with Crippen LogP contribution in [0.2, 0.25) is 10.0 Å². The first kappa shape index (κ1) is 14.1. The van der Waals surface area contributed by atoms with E-state index in [1.54, 1.807) is 6.07 Å². The molecule has 1 aromatic rings. The number of nitrogen functional groups attached to an aromatic ring is 1. The van der Waals surface area contributed by atoms with E-state index in [1.165, 1.54) is 18.6 Å². The maximum atomic E-state index is 6.10. The Bertz CT molecular complexity index is 435. The van der Waals surface area contributed by atoms with Gasteiger partial charge in [0.05, 0.1) is 10.0 Å². The first-order valence-electron chi connectivity index (χ1n) is 5.74. The zero-order valence-corrected chi connectivity index (χ0v) is 12.4. The quantitative estimate of drug-likeness (QED) is 0.588. The van der Waals surface area contributed by atoms with Crippen molar-refractivity contribution >= 4 is 46.6 Å². The zero-order chi connectivity index (χ0) is 13.2. The fourth-order valence-electron chi connectivity index (χ4n) is 1.94. The van der Waals surface area contributed by atoms with Crippen molar-refractivity contribution in [1.29, 1.82) is 0 Å². The highest BCUT2D eigenvalue weighted by Gasteiger charge is 2.29. The highest BCUT2D eigenvalue weighted by atomic mass is 35.5. The maximum Gasteiger partial charge on any atom is 0.161 e. The Morgan fingerprint density at radius 1 is 1.44 bits per heavy atom. The largest absolute Gasteiger partial charge is 0.367 e. The number of hydrazine groups is 1. The minimum absolute atomic E-state index is 0.251. The number of pyridine rings is 1. The van der Waals surface area contributed by atoms with Gasteiger partial charge >= 0.3 is 0 Å². The van der Waals surface area contributed by atoms with Gasteiger partial charge in [-0.2, -0.15) is 11.8 Å². The van der Waals surface area contributed by atoms with Gasteiger partial charge in [0.1, 0.15) is 5.82 Å². The van der Waals surface area contributed by atoms with Crippen molar-refractivity contribution in [2.45, 2.75) is 24.5 Å². The highest BCUT2D eigenvalue weighted by Crippen LogP contribution is 2.38. The van der Waals surface area contributed by atoms with Crippen LogP contribution in [-0.2, 0) is 0 Å². The molecule has 1 aromatic heterocycles. The van der Waals surface area contributed by atoms with Crippen molar-refractivity contribution in [1.82, 2.24) is 4.98 Å². The Morgan fingerprint density at radius 2 is 2.17 bits per heavy atom. The molecule has 0 aromatic carbocycles. The van der Waals surface area contributed by atoms with Gasteiger partial charge in [-0.3, -0.25) is 0 Å².